The summed E-state index contributed by atoms with van der Waals surface area (Å²) >= 11 is 0. The molecule has 0 atom stereocenters. The zero-order valence-electron chi connectivity index (χ0n) is 23.7. The van der Waals surface area contributed by atoms with Crippen LogP contribution in [0.1, 0.15) is 38.2 Å². The highest BCUT2D eigenvalue weighted by molar-refractivity contribution is 6.16. The van der Waals surface area contributed by atoms with E-state index >= 15 is 0 Å². The van der Waals surface area contributed by atoms with Crippen LogP contribution in [0.3, 0.4) is 0 Å². The first kappa shape index (κ1) is 28.6. The molecular formula is C37H28N2O4. The molecule has 0 bridgehead atoms. The molecule has 210 valence electrons. The number of methoxy groups -OCH3 is 2. The molecule has 5 aromatic rings. The molecule has 0 aromatic heterocycles. The van der Waals surface area contributed by atoms with E-state index in [4.69, 9.17) is 19.2 Å². The van der Waals surface area contributed by atoms with Crippen molar-refractivity contribution in [2.45, 2.75) is 0 Å². The van der Waals surface area contributed by atoms with Crippen LogP contribution in [0.2, 0.25) is 0 Å². The summed E-state index contributed by atoms with van der Waals surface area (Å²) in [7, 11) is 3.16. The predicted octanol–water partition coefficient (Wildman–Crippen LogP) is 7.80. The summed E-state index contributed by atoms with van der Waals surface area (Å²) in [6, 6.07) is 42.8. The van der Waals surface area contributed by atoms with Crippen molar-refractivity contribution in [2.75, 3.05) is 14.2 Å². The topological polar surface area (TPSA) is 80.9 Å². The van der Waals surface area contributed by atoms with Crippen LogP contribution in [0.5, 0.6) is 11.5 Å². The van der Waals surface area contributed by atoms with Crippen molar-refractivity contribution in [1.82, 2.24) is 0 Å². The lowest BCUT2D eigenvalue weighted by Gasteiger charge is -2.16. The van der Waals surface area contributed by atoms with Crippen molar-refractivity contribution in [1.29, 1.82) is 5.26 Å². The van der Waals surface area contributed by atoms with E-state index in [-0.39, 0.29) is 5.76 Å². The molecule has 0 aliphatic carbocycles. The van der Waals surface area contributed by atoms with Gasteiger partial charge in [0, 0.05) is 22.3 Å². The van der Waals surface area contributed by atoms with Gasteiger partial charge in [-0.25, -0.2) is 9.79 Å². The Hall–Kier alpha value is -5.93. The van der Waals surface area contributed by atoms with Gasteiger partial charge >= 0.3 is 5.97 Å². The highest BCUT2D eigenvalue weighted by atomic mass is 16.5. The largest absolute Gasteiger partial charge is 0.497 e. The summed E-state index contributed by atoms with van der Waals surface area (Å²) < 4.78 is 16.8. The molecule has 0 saturated carbocycles. The molecule has 0 N–H and O–H groups in total. The van der Waals surface area contributed by atoms with Crippen molar-refractivity contribution in [3.8, 4) is 17.6 Å². The van der Waals surface area contributed by atoms with Crippen molar-refractivity contribution in [3.05, 3.63) is 167 Å². The van der Waals surface area contributed by atoms with Crippen LogP contribution in [0, 0.1) is 11.3 Å². The zero-order chi connectivity index (χ0) is 30.0. The number of esters is 1. The van der Waals surface area contributed by atoms with Crippen molar-refractivity contribution in [3.63, 3.8) is 0 Å². The summed E-state index contributed by atoms with van der Waals surface area (Å²) in [5.41, 5.74) is 5.00. The van der Waals surface area contributed by atoms with Gasteiger partial charge in [0.15, 0.2) is 5.76 Å². The monoisotopic (exact) mass is 564 g/mol. The van der Waals surface area contributed by atoms with Crippen LogP contribution in [0.25, 0.3) is 11.5 Å². The second kappa shape index (κ2) is 13.6. The number of nitrogens with zero attached hydrogens (tertiary/aromatic N) is 2. The van der Waals surface area contributed by atoms with Gasteiger partial charge in [-0.15, -0.1) is 0 Å². The van der Waals surface area contributed by atoms with Gasteiger partial charge in [-0.2, -0.15) is 5.26 Å². The highest BCUT2D eigenvalue weighted by Gasteiger charge is 2.20. The quantitative estimate of drug-likeness (QED) is 0.0790. The number of rotatable bonds is 9. The van der Waals surface area contributed by atoms with E-state index in [0.717, 1.165) is 11.1 Å². The number of hydrogen-bond donors (Lipinski definition) is 0. The summed E-state index contributed by atoms with van der Waals surface area (Å²) in [6.45, 7) is 0. The van der Waals surface area contributed by atoms with Gasteiger partial charge in [0.1, 0.15) is 17.2 Å². The van der Waals surface area contributed by atoms with E-state index < -0.39 is 5.97 Å². The summed E-state index contributed by atoms with van der Waals surface area (Å²) in [5.74, 6) is 0.969. The van der Waals surface area contributed by atoms with Gasteiger partial charge in [0.05, 0.1) is 37.1 Å². The molecule has 43 heavy (non-hydrogen) atoms. The fourth-order valence-corrected chi connectivity index (χ4v) is 4.41. The van der Waals surface area contributed by atoms with Gasteiger partial charge < -0.3 is 14.2 Å². The van der Waals surface area contributed by atoms with E-state index in [9.17, 15) is 10.1 Å². The fraction of sp³-hybridized carbons (Fsp3) is 0.0541. The number of carbonyl (C=O) groups is 1. The number of ether oxygens (including phenoxy) is 3. The second-order valence-electron chi connectivity index (χ2n) is 9.41. The average molecular weight is 565 g/mol. The minimum Gasteiger partial charge on any atom is -0.497 e. The molecule has 0 aliphatic rings. The van der Waals surface area contributed by atoms with Crippen LogP contribution in [-0.2, 0) is 4.74 Å². The smallest absolute Gasteiger partial charge is 0.343 e. The molecule has 0 aliphatic heterocycles. The number of carbonyl (C=O) groups excluding carboxylic acids is 1. The molecule has 0 fully saturated rings. The first-order valence-electron chi connectivity index (χ1n) is 13.5. The van der Waals surface area contributed by atoms with Crippen LogP contribution in [0.4, 0.5) is 0 Å². The first-order chi connectivity index (χ1) is 21.1. The molecule has 6 nitrogen and oxygen atoms in total. The van der Waals surface area contributed by atoms with Gasteiger partial charge in [0.25, 0.3) is 0 Å². The molecular weight excluding hydrogens is 536 g/mol. The molecule has 0 heterocycles. The number of benzene rings is 5. The second-order valence-corrected chi connectivity index (χ2v) is 9.41. The lowest BCUT2D eigenvalue weighted by molar-refractivity contribution is 0.0692. The minimum atomic E-state index is -0.559. The lowest BCUT2D eigenvalue weighted by Crippen LogP contribution is -2.09. The summed E-state index contributed by atoms with van der Waals surface area (Å²) in [4.78, 5) is 18.8. The normalized spacial score (nSPS) is 11.0. The predicted molar refractivity (Wildman–Crippen MR) is 168 cm³/mol. The van der Waals surface area contributed by atoms with E-state index in [1.54, 1.807) is 74.9 Å². The molecule has 6 heteroatoms. The Morgan fingerprint density at radius 2 is 1.05 bits per heavy atom. The maximum Gasteiger partial charge on any atom is 0.343 e. The van der Waals surface area contributed by atoms with Crippen LogP contribution in [0.15, 0.2) is 138 Å². The maximum atomic E-state index is 13.6. The van der Waals surface area contributed by atoms with E-state index in [2.05, 4.69) is 6.07 Å². The molecule has 5 rings (SSSR count). The Labute approximate surface area is 250 Å². The molecule has 0 saturated heterocycles. The molecule has 0 amide bonds. The third-order valence-electron chi connectivity index (χ3n) is 6.69. The van der Waals surface area contributed by atoms with Gasteiger partial charge in [-0.05, 0) is 60.7 Å². The zero-order valence-corrected chi connectivity index (χ0v) is 23.7. The fourth-order valence-electron chi connectivity index (χ4n) is 4.41. The Bertz CT molecular complexity index is 1740. The van der Waals surface area contributed by atoms with Gasteiger partial charge in [-0.3, -0.25) is 0 Å². The first-order valence-corrected chi connectivity index (χ1v) is 13.5. The lowest BCUT2D eigenvalue weighted by atomic mass is 10.0. The summed E-state index contributed by atoms with van der Waals surface area (Å²) in [6.07, 6.45) is 0. The molecule has 5 aromatic carbocycles. The van der Waals surface area contributed by atoms with Crippen LogP contribution < -0.4 is 9.47 Å². The maximum absolute atomic E-state index is 13.6. The molecule has 0 spiro atoms. The highest BCUT2D eigenvalue weighted by Crippen LogP contribution is 2.32. The third-order valence-corrected chi connectivity index (χ3v) is 6.69. The van der Waals surface area contributed by atoms with Crippen LogP contribution in [-0.4, -0.2) is 25.9 Å². The third kappa shape index (κ3) is 6.87. The van der Waals surface area contributed by atoms with Crippen molar-refractivity contribution in [2.24, 2.45) is 4.99 Å². The standard InChI is InChI=1S/C37H28N2O4/c1-41-32-21-17-30(18-22-32)36(43-37(40)31-19-23-33(42-2)24-20-31)35(29-15-13-26(25-38)14-16-29)39-34(27-9-5-3-6-10-27)28-11-7-4-8-12-28/h3-24H,1-2H3/b36-35+. The SMILES string of the molecule is COc1ccc(C(=O)O/C(=C(/N=C(c2ccccc2)c2ccccc2)c2ccc(C#N)cc2)c2ccc(OC)cc2)cc1. The van der Waals surface area contributed by atoms with E-state index in [1.807, 2.05) is 72.8 Å². The van der Waals surface area contributed by atoms with Gasteiger partial charge in [0.2, 0.25) is 0 Å². The Morgan fingerprint density at radius 1 is 0.581 bits per heavy atom. The minimum absolute atomic E-state index is 0.248. The Kier molecular flexibility index (Phi) is 9.06. The summed E-state index contributed by atoms with van der Waals surface area (Å²) in [5, 5.41) is 9.45. The number of hydrogen-bond acceptors (Lipinski definition) is 6. The molecule has 0 radical (unpaired) electrons. The van der Waals surface area contributed by atoms with E-state index in [1.165, 1.54) is 0 Å². The average Bonchev–Trinajstić information content (AvgIpc) is 3.09. The van der Waals surface area contributed by atoms with Crippen molar-refractivity contribution >= 4 is 23.1 Å². The van der Waals surface area contributed by atoms with Gasteiger partial charge in [-0.1, -0.05) is 72.8 Å². The Balaban J connectivity index is 1.78. The van der Waals surface area contributed by atoms with E-state index in [0.29, 0.717) is 45.2 Å². The Morgan fingerprint density at radius 3 is 1.51 bits per heavy atom. The van der Waals surface area contributed by atoms with Crippen molar-refractivity contribution < 1.29 is 19.0 Å². The number of aliphatic imine (C=N–C) groups is 1. The number of nitriles is 1. The molecule has 0 unspecified atom stereocenters. The van der Waals surface area contributed by atoms with Crippen LogP contribution >= 0.6 is 0 Å².